The molecule has 0 bridgehead atoms. The van der Waals surface area contributed by atoms with Crippen molar-refractivity contribution in [2.45, 2.75) is 31.6 Å². The Hall–Kier alpha value is -3.34. The highest BCUT2D eigenvalue weighted by Gasteiger charge is 2.33. The van der Waals surface area contributed by atoms with Gasteiger partial charge in [-0.3, -0.25) is 0 Å². The van der Waals surface area contributed by atoms with Gasteiger partial charge in [0.15, 0.2) is 0 Å². The van der Waals surface area contributed by atoms with Gasteiger partial charge in [0, 0.05) is 29.5 Å². The van der Waals surface area contributed by atoms with Gasteiger partial charge in [-0.05, 0) is 24.8 Å². The lowest BCUT2D eigenvalue weighted by molar-refractivity contribution is -0.0410. The standard InChI is InChI=1S/C27H26F2N2O/c1-32-26-23(13-12-20-14-16-27(28,29)17-15-20)18-24(19-30-26)31-25(21-8-4-2-5-9-21)22-10-6-3-7-11-22/h2-13,18-20H,14-17H2,1H3/b13-12+. The maximum absolute atomic E-state index is 13.4. The van der Waals surface area contributed by atoms with Crippen LogP contribution in [0.25, 0.3) is 6.08 Å². The van der Waals surface area contributed by atoms with E-state index in [1.807, 2.05) is 78.9 Å². The highest BCUT2D eigenvalue weighted by atomic mass is 19.3. The van der Waals surface area contributed by atoms with Gasteiger partial charge in [-0.15, -0.1) is 0 Å². The lowest BCUT2D eigenvalue weighted by Crippen LogP contribution is -2.23. The maximum Gasteiger partial charge on any atom is 0.248 e. The first kappa shape index (κ1) is 21.9. The Morgan fingerprint density at radius 3 is 2.16 bits per heavy atom. The van der Waals surface area contributed by atoms with E-state index < -0.39 is 5.92 Å². The van der Waals surface area contributed by atoms with E-state index >= 15 is 0 Å². The number of halogens is 2. The second-order valence-corrected chi connectivity index (χ2v) is 8.04. The summed E-state index contributed by atoms with van der Waals surface area (Å²) in [7, 11) is 1.57. The molecule has 0 N–H and O–H groups in total. The van der Waals surface area contributed by atoms with Crippen LogP contribution in [0.1, 0.15) is 42.4 Å². The lowest BCUT2D eigenvalue weighted by atomic mass is 9.86. The molecule has 1 aliphatic carbocycles. The Bertz CT molecular complexity index is 1040. The smallest absolute Gasteiger partial charge is 0.248 e. The van der Waals surface area contributed by atoms with Gasteiger partial charge >= 0.3 is 0 Å². The van der Waals surface area contributed by atoms with Crippen LogP contribution < -0.4 is 4.74 Å². The number of nitrogens with zero attached hydrogens (tertiary/aromatic N) is 2. The van der Waals surface area contributed by atoms with E-state index in [-0.39, 0.29) is 18.8 Å². The monoisotopic (exact) mass is 432 g/mol. The Balaban J connectivity index is 1.66. The fourth-order valence-electron chi connectivity index (χ4n) is 3.92. The van der Waals surface area contributed by atoms with E-state index in [1.54, 1.807) is 13.3 Å². The number of pyridine rings is 1. The van der Waals surface area contributed by atoms with Crippen LogP contribution in [0.5, 0.6) is 5.88 Å². The molecular formula is C27H26F2N2O. The van der Waals surface area contributed by atoms with Crippen LogP contribution in [-0.4, -0.2) is 23.7 Å². The van der Waals surface area contributed by atoms with Gasteiger partial charge in [0.25, 0.3) is 0 Å². The minimum absolute atomic E-state index is 0.0563. The fraction of sp³-hybridized carbons (Fsp3) is 0.259. The summed E-state index contributed by atoms with van der Waals surface area (Å²) in [5, 5.41) is 0. The fourth-order valence-corrected chi connectivity index (χ4v) is 3.92. The molecule has 0 unspecified atom stereocenters. The van der Waals surface area contributed by atoms with Gasteiger partial charge in [-0.2, -0.15) is 0 Å². The summed E-state index contributed by atoms with van der Waals surface area (Å²) >= 11 is 0. The molecule has 4 rings (SSSR count). The minimum Gasteiger partial charge on any atom is -0.481 e. The SMILES string of the molecule is COc1ncc(N=C(c2ccccc2)c2ccccc2)cc1/C=C/C1CCC(F)(F)CC1. The zero-order valence-corrected chi connectivity index (χ0v) is 18.0. The van der Waals surface area contributed by atoms with Crippen molar-refractivity contribution in [1.29, 1.82) is 0 Å². The Morgan fingerprint density at radius 1 is 1.00 bits per heavy atom. The molecule has 0 aliphatic heterocycles. The van der Waals surface area contributed by atoms with Gasteiger partial charge in [-0.1, -0.05) is 72.8 Å². The molecule has 3 nitrogen and oxygen atoms in total. The largest absolute Gasteiger partial charge is 0.481 e. The maximum atomic E-state index is 13.4. The predicted molar refractivity (Wildman–Crippen MR) is 125 cm³/mol. The van der Waals surface area contributed by atoms with Gasteiger partial charge in [-0.25, -0.2) is 18.8 Å². The zero-order chi connectivity index (χ0) is 22.4. The van der Waals surface area contributed by atoms with Crippen LogP contribution in [0.4, 0.5) is 14.5 Å². The predicted octanol–water partition coefficient (Wildman–Crippen LogP) is 7.10. The topological polar surface area (TPSA) is 34.5 Å². The average molecular weight is 433 g/mol. The zero-order valence-electron chi connectivity index (χ0n) is 18.0. The average Bonchev–Trinajstić information content (AvgIpc) is 2.83. The van der Waals surface area contributed by atoms with Crippen molar-refractivity contribution in [2.75, 3.05) is 7.11 Å². The Morgan fingerprint density at radius 2 is 1.59 bits per heavy atom. The van der Waals surface area contributed by atoms with Crippen LogP contribution in [0.2, 0.25) is 0 Å². The van der Waals surface area contributed by atoms with Crippen molar-refractivity contribution in [3.05, 3.63) is 95.7 Å². The molecule has 1 fully saturated rings. The van der Waals surface area contributed by atoms with Gasteiger partial charge in [0.1, 0.15) is 0 Å². The molecule has 3 aromatic rings. The molecule has 0 saturated heterocycles. The molecule has 0 amide bonds. The first-order valence-corrected chi connectivity index (χ1v) is 10.8. The van der Waals surface area contributed by atoms with E-state index in [2.05, 4.69) is 4.98 Å². The lowest BCUT2D eigenvalue weighted by Gasteiger charge is -2.26. The second kappa shape index (κ2) is 9.86. The highest BCUT2D eigenvalue weighted by Crippen LogP contribution is 2.37. The van der Waals surface area contributed by atoms with Crippen LogP contribution in [0.15, 0.2) is 84.0 Å². The van der Waals surface area contributed by atoms with Crippen molar-refractivity contribution in [2.24, 2.45) is 10.9 Å². The third-order valence-corrected chi connectivity index (χ3v) is 5.70. The number of ether oxygens (including phenoxy) is 1. The molecule has 2 aromatic carbocycles. The second-order valence-electron chi connectivity index (χ2n) is 8.04. The molecule has 1 saturated carbocycles. The molecule has 1 aromatic heterocycles. The number of aliphatic imine (C=N–C) groups is 1. The third-order valence-electron chi connectivity index (χ3n) is 5.70. The normalized spacial score (nSPS) is 16.1. The van der Waals surface area contributed by atoms with E-state index in [0.717, 1.165) is 22.4 Å². The number of hydrogen-bond acceptors (Lipinski definition) is 3. The quantitative estimate of drug-likeness (QED) is 0.389. The van der Waals surface area contributed by atoms with Crippen molar-refractivity contribution < 1.29 is 13.5 Å². The van der Waals surface area contributed by atoms with Crippen molar-refractivity contribution in [3.8, 4) is 5.88 Å². The first-order valence-electron chi connectivity index (χ1n) is 10.8. The van der Waals surface area contributed by atoms with Crippen molar-refractivity contribution in [1.82, 2.24) is 4.98 Å². The van der Waals surface area contributed by atoms with E-state index in [0.29, 0.717) is 24.4 Å². The van der Waals surface area contributed by atoms with E-state index in [4.69, 9.17) is 9.73 Å². The summed E-state index contributed by atoms with van der Waals surface area (Å²) in [5.41, 5.74) is 4.35. The number of benzene rings is 2. The number of alkyl halides is 2. The van der Waals surface area contributed by atoms with Gasteiger partial charge < -0.3 is 4.74 Å². The van der Waals surface area contributed by atoms with Crippen LogP contribution in [0, 0.1) is 5.92 Å². The number of allylic oxidation sites excluding steroid dienone is 1. The molecular weight excluding hydrogens is 406 g/mol. The summed E-state index contributed by atoms with van der Waals surface area (Å²) in [6.45, 7) is 0. The van der Waals surface area contributed by atoms with E-state index in [1.165, 1.54) is 0 Å². The molecule has 5 heteroatoms. The van der Waals surface area contributed by atoms with Crippen LogP contribution in [-0.2, 0) is 0 Å². The number of aromatic nitrogens is 1. The summed E-state index contributed by atoms with van der Waals surface area (Å²) < 4.78 is 32.3. The minimum atomic E-state index is -2.52. The first-order chi connectivity index (χ1) is 15.5. The summed E-state index contributed by atoms with van der Waals surface area (Å²) in [6.07, 6.45) is 6.47. The van der Waals surface area contributed by atoms with Gasteiger partial charge in [0.05, 0.1) is 24.7 Å². The van der Waals surface area contributed by atoms with Crippen LogP contribution >= 0.6 is 0 Å². The molecule has 164 valence electrons. The summed E-state index contributed by atoms with van der Waals surface area (Å²) in [5.74, 6) is -1.90. The Labute approximate surface area is 187 Å². The summed E-state index contributed by atoms with van der Waals surface area (Å²) in [4.78, 5) is 9.34. The number of methoxy groups -OCH3 is 1. The van der Waals surface area contributed by atoms with Crippen LogP contribution in [0.3, 0.4) is 0 Å². The molecule has 1 heterocycles. The molecule has 0 radical (unpaired) electrons. The molecule has 0 atom stereocenters. The van der Waals surface area contributed by atoms with E-state index in [9.17, 15) is 8.78 Å². The van der Waals surface area contributed by atoms with Crippen molar-refractivity contribution >= 4 is 17.5 Å². The van der Waals surface area contributed by atoms with Crippen molar-refractivity contribution in [3.63, 3.8) is 0 Å². The molecule has 0 spiro atoms. The highest BCUT2D eigenvalue weighted by molar-refractivity contribution is 6.13. The van der Waals surface area contributed by atoms with Gasteiger partial charge in [0.2, 0.25) is 11.8 Å². The Kier molecular flexibility index (Phi) is 6.74. The number of rotatable bonds is 6. The summed E-state index contributed by atoms with van der Waals surface area (Å²) in [6, 6.07) is 21.9. The molecule has 1 aliphatic rings. The molecule has 32 heavy (non-hydrogen) atoms. The third kappa shape index (κ3) is 5.47. The number of hydrogen-bond donors (Lipinski definition) is 0.